The molecule has 1 aliphatic heterocycles. The maximum atomic E-state index is 12.7. The van der Waals surface area contributed by atoms with E-state index in [0.717, 1.165) is 5.52 Å². The molecular weight excluding hydrogens is 426 g/mol. The predicted molar refractivity (Wildman–Crippen MR) is 115 cm³/mol. The zero-order valence-electron chi connectivity index (χ0n) is 16.3. The third-order valence-corrected chi connectivity index (χ3v) is 7.80. The van der Waals surface area contributed by atoms with Crippen molar-refractivity contribution in [1.82, 2.24) is 8.87 Å². The van der Waals surface area contributed by atoms with E-state index < -0.39 is 10.0 Å². The van der Waals surface area contributed by atoms with Gasteiger partial charge in [-0.1, -0.05) is 0 Å². The van der Waals surface area contributed by atoms with Crippen LogP contribution in [0.3, 0.4) is 0 Å². The van der Waals surface area contributed by atoms with E-state index in [1.165, 1.54) is 33.8 Å². The molecule has 10 heteroatoms. The topological polar surface area (TPSA) is 97.7 Å². The number of thiophene rings is 1. The van der Waals surface area contributed by atoms with Gasteiger partial charge >= 0.3 is 0 Å². The molecule has 8 nitrogen and oxygen atoms in total. The summed E-state index contributed by atoms with van der Waals surface area (Å²) in [6, 6.07) is 9.47. The molecule has 1 fully saturated rings. The van der Waals surface area contributed by atoms with Crippen LogP contribution in [0.1, 0.15) is 5.69 Å². The smallest absolute Gasteiger partial charge is 0.244 e. The molecule has 1 N–H and O–H groups in total. The quantitative estimate of drug-likeness (QED) is 0.645. The molecular formula is C20H21N3O5S2. The minimum absolute atomic E-state index is 0.0488. The van der Waals surface area contributed by atoms with Gasteiger partial charge in [0.1, 0.15) is 6.54 Å². The van der Waals surface area contributed by atoms with Crippen molar-refractivity contribution in [2.75, 3.05) is 31.6 Å². The van der Waals surface area contributed by atoms with Gasteiger partial charge in [0, 0.05) is 30.5 Å². The Balaban J connectivity index is 1.48. The number of carbonyl (C=O) groups is 1. The molecule has 4 rings (SSSR count). The molecule has 1 saturated heterocycles. The average Bonchev–Trinajstić information content (AvgIpc) is 3.23. The van der Waals surface area contributed by atoms with Gasteiger partial charge in [-0.3, -0.25) is 9.59 Å². The van der Waals surface area contributed by atoms with E-state index in [-0.39, 0.29) is 22.8 Å². The molecule has 1 aromatic carbocycles. The number of ether oxygens (including phenoxy) is 1. The molecule has 0 spiro atoms. The minimum Gasteiger partial charge on any atom is -0.379 e. The number of benzene rings is 1. The van der Waals surface area contributed by atoms with Crippen molar-refractivity contribution in [3.05, 3.63) is 57.7 Å². The molecule has 3 aromatic rings. The molecule has 2 aromatic heterocycles. The SMILES string of the molecule is Cc1cc(=O)c2sccc2n1CC(=O)Nc1ccc(S(=O)(=O)N2CCOCC2)cc1. The Bertz CT molecular complexity index is 1240. The lowest BCUT2D eigenvalue weighted by atomic mass is 10.3. The molecule has 1 amide bonds. The van der Waals surface area contributed by atoms with Crippen LogP contribution in [0.15, 0.2) is 51.5 Å². The number of hydrogen-bond acceptors (Lipinski definition) is 6. The van der Waals surface area contributed by atoms with Gasteiger partial charge in [-0.15, -0.1) is 11.3 Å². The van der Waals surface area contributed by atoms with Crippen LogP contribution in [0, 0.1) is 6.92 Å². The van der Waals surface area contributed by atoms with E-state index in [2.05, 4.69) is 5.32 Å². The summed E-state index contributed by atoms with van der Waals surface area (Å²) in [6.07, 6.45) is 0. The Morgan fingerprint density at radius 1 is 1.17 bits per heavy atom. The van der Waals surface area contributed by atoms with E-state index in [1.807, 2.05) is 11.4 Å². The number of anilines is 1. The van der Waals surface area contributed by atoms with Crippen molar-refractivity contribution < 1.29 is 17.9 Å². The third-order valence-electron chi connectivity index (χ3n) is 4.97. The molecule has 0 unspecified atom stereocenters. The summed E-state index contributed by atoms with van der Waals surface area (Å²) < 4.78 is 34.4. The monoisotopic (exact) mass is 447 g/mol. The summed E-state index contributed by atoms with van der Waals surface area (Å²) in [5.74, 6) is -0.266. The van der Waals surface area contributed by atoms with Gasteiger partial charge in [0.15, 0.2) is 5.43 Å². The number of rotatable bonds is 5. The Morgan fingerprint density at radius 2 is 1.87 bits per heavy atom. The van der Waals surface area contributed by atoms with Gasteiger partial charge in [0.2, 0.25) is 15.9 Å². The molecule has 0 bridgehead atoms. The van der Waals surface area contributed by atoms with Gasteiger partial charge in [-0.25, -0.2) is 8.42 Å². The maximum absolute atomic E-state index is 12.7. The first-order valence-corrected chi connectivity index (χ1v) is 11.7. The molecule has 30 heavy (non-hydrogen) atoms. The standard InChI is InChI=1S/C20H21N3O5S2/c1-14-12-18(24)20-17(6-11-29-20)23(14)13-19(25)21-15-2-4-16(5-3-15)30(26,27)22-7-9-28-10-8-22/h2-6,11-12H,7-10,13H2,1H3,(H,21,25). The number of nitrogens with zero attached hydrogens (tertiary/aromatic N) is 2. The van der Waals surface area contributed by atoms with Crippen LogP contribution < -0.4 is 10.7 Å². The van der Waals surface area contributed by atoms with E-state index >= 15 is 0 Å². The first kappa shape index (κ1) is 20.7. The summed E-state index contributed by atoms with van der Waals surface area (Å²) in [5.41, 5.74) is 1.88. The van der Waals surface area contributed by atoms with Crippen LogP contribution in [0.25, 0.3) is 10.2 Å². The zero-order chi connectivity index (χ0) is 21.3. The van der Waals surface area contributed by atoms with Crippen LogP contribution in [0.4, 0.5) is 5.69 Å². The number of hydrogen-bond donors (Lipinski definition) is 1. The second kappa shape index (κ2) is 8.31. The molecule has 0 radical (unpaired) electrons. The lowest BCUT2D eigenvalue weighted by molar-refractivity contribution is -0.116. The van der Waals surface area contributed by atoms with Crippen molar-refractivity contribution in [1.29, 1.82) is 0 Å². The van der Waals surface area contributed by atoms with E-state index in [1.54, 1.807) is 23.6 Å². The van der Waals surface area contributed by atoms with Gasteiger partial charge in [0.25, 0.3) is 0 Å². The zero-order valence-corrected chi connectivity index (χ0v) is 18.0. The molecule has 3 heterocycles. The minimum atomic E-state index is -3.58. The summed E-state index contributed by atoms with van der Waals surface area (Å²) >= 11 is 1.35. The van der Waals surface area contributed by atoms with Gasteiger partial charge in [-0.05, 0) is 42.6 Å². The highest BCUT2D eigenvalue weighted by Gasteiger charge is 2.26. The van der Waals surface area contributed by atoms with Crippen LogP contribution in [-0.2, 0) is 26.1 Å². The van der Waals surface area contributed by atoms with Crippen molar-refractivity contribution in [3.8, 4) is 0 Å². The van der Waals surface area contributed by atoms with E-state index in [9.17, 15) is 18.0 Å². The van der Waals surface area contributed by atoms with Gasteiger partial charge < -0.3 is 14.6 Å². The Hall–Kier alpha value is -2.53. The fourth-order valence-electron chi connectivity index (χ4n) is 3.42. The highest BCUT2D eigenvalue weighted by molar-refractivity contribution is 7.89. The number of fused-ring (bicyclic) bond motifs is 1. The Morgan fingerprint density at radius 3 is 2.57 bits per heavy atom. The number of morpholine rings is 1. The summed E-state index contributed by atoms with van der Waals surface area (Å²) in [6.45, 7) is 3.27. The van der Waals surface area contributed by atoms with Crippen LogP contribution in [-0.4, -0.2) is 49.5 Å². The number of carbonyl (C=O) groups excluding carboxylic acids is 1. The highest BCUT2D eigenvalue weighted by atomic mass is 32.2. The lowest BCUT2D eigenvalue weighted by Gasteiger charge is -2.26. The fourth-order valence-corrected chi connectivity index (χ4v) is 5.64. The molecule has 158 valence electrons. The highest BCUT2D eigenvalue weighted by Crippen LogP contribution is 2.21. The van der Waals surface area contributed by atoms with Crippen molar-refractivity contribution in [3.63, 3.8) is 0 Å². The number of pyridine rings is 1. The fraction of sp³-hybridized carbons (Fsp3) is 0.300. The molecule has 0 saturated carbocycles. The van der Waals surface area contributed by atoms with Crippen molar-refractivity contribution in [2.45, 2.75) is 18.4 Å². The summed E-state index contributed by atoms with van der Waals surface area (Å²) in [4.78, 5) is 24.8. The van der Waals surface area contributed by atoms with Gasteiger partial charge in [0.05, 0.1) is 28.3 Å². The second-order valence-electron chi connectivity index (χ2n) is 6.96. The number of amides is 1. The Labute approximate surface area is 177 Å². The second-order valence-corrected chi connectivity index (χ2v) is 9.81. The van der Waals surface area contributed by atoms with Crippen LogP contribution in [0.5, 0.6) is 0 Å². The van der Waals surface area contributed by atoms with E-state index in [4.69, 9.17) is 4.74 Å². The van der Waals surface area contributed by atoms with Gasteiger partial charge in [-0.2, -0.15) is 4.31 Å². The molecule has 1 aliphatic rings. The largest absolute Gasteiger partial charge is 0.379 e. The normalized spacial score (nSPS) is 15.4. The summed E-state index contributed by atoms with van der Waals surface area (Å²) in [7, 11) is -3.58. The molecule has 0 atom stereocenters. The number of aromatic nitrogens is 1. The van der Waals surface area contributed by atoms with Crippen LogP contribution >= 0.6 is 11.3 Å². The van der Waals surface area contributed by atoms with E-state index in [0.29, 0.717) is 42.4 Å². The van der Waals surface area contributed by atoms with Crippen molar-refractivity contribution >= 4 is 43.2 Å². The first-order valence-electron chi connectivity index (χ1n) is 9.42. The first-order chi connectivity index (χ1) is 14.4. The maximum Gasteiger partial charge on any atom is 0.244 e. The predicted octanol–water partition coefficient (Wildman–Crippen LogP) is 2.03. The molecule has 0 aliphatic carbocycles. The number of nitrogens with one attached hydrogen (secondary N) is 1. The number of aryl methyl sites for hydroxylation is 1. The van der Waals surface area contributed by atoms with Crippen LogP contribution in [0.2, 0.25) is 0 Å². The Kier molecular flexibility index (Phi) is 5.74. The average molecular weight is 448 g/mol. The lowest BCUT2D eigenvalue weighted by Crippen LogP contribution is -2.40. The van der Waals surface area contributed by atoms with Crippen molar-refractivity contribution in [2.24, 2.45) is 0 Å². The number of sulfonamides is 1. The summed E-state index contributed by atoms with van der Waals surface area (Å²) in [5, 5.41) is 4.61. The third kappa shape index (κ3) is 4.04.